The molecule has 3 rings (SSSR count). The van der Waals surface area contributed by atoms with Crippen LogP contribution >= 0.6 is 0 Å². The molecule has 3 N–H and O–H groups in total. The second kappa shape index (κ2) is 7.69. The number of benzene rings is 1. The molecule has 0 aliphatic heterocycles. The number of hydrogen-bond acceptors (Lipinski definition) is 7. The number of nitrogens with zero attached hydrogens (tertiary/aromatic N) is 5. The van der Waals surface area contributed by atoms with E-state index in [4.69, 9.17) is 10.7 Å². The Hall–Kier alpha value is -3.03. The van der Waals surface area contributed by atoms with Crippen molar-refractivity contribution in [3.05, 3.63) is 41.5 Å². The molecule has 0 radical (unpaired) electrons. The monoisotopic (exact) mass is 369 g/mol. The lowest BCUT2D eigenvalue weighted by Gasteiger charge is -2.26. The van der Waals surface area contributed by atoms with Gasteiger partial charge in [-0.05, 0) is 45.9 Å². The molecule has 2 aromatic heterocycles. The van der Waals surface area contributed by atoms with Crippen LogP contribution in [0.2, 0.25) is 0 Å². The molecule has 27 heavy (non-hydrogen) atoms. The number of hydrogen-bond donors (Lipinski definition) is 2. The maximum atomic E-state index is 14.0. The summed E-state index contributed by atoms with van der Waals surface area (Å²) >= 11 is 0. The van der Waals surface area contributed by atoms with E-state index in [0.717, 1.165) is 29.9 Å². The number of nitrogens with one attached hydrogen (secondary N) is 1. The van der Waals surface area contributed by atoms with Crippen LogP contribution in [-0.4, -0.2) is 33.0 Å². The van der Waals surface area contributed by atoms with Crippen molar-refractivity contribution in [3.8, 4) is 0 Å². The van der Waals surface area contributed by atoms with Crippen LogP contribution in [-0.2, 0) is 0 Å². The van der Waals surface area contributed by atoms with Gasteiger partial charge in [0.1, 0.15) is 18.0 Å². The molecule has 3 aromatic rings. The third kappa shape index (κ3) is 3.74. The van der Waals surface area contributed by atoms with Crippen molar-refractivity contribution in [1.82, 2.24) is 19.9 Å². The van der Waals surface area contributed by atoms with Gasteiger partial charge in [0.25, 0.3) is 0 Å². The minimum Gasteiger partial charge on any atom is -0.368 e. The van der Waals surface area contributed by atoms with E-state index in [-0.39, 0.29) is 17.8 Å². The molecule has 8 heteroatoms. The van der Waals surface area contributed by atoms with Gasteiger partial charge in [-0.25, -0.2) is 19.3 Å². The van der Waals surface area contributed by atoms with Gasteiger partial charge in [0.05, 0.1) is 11.6 Å². The number of aromatic nitrogens is 4. The van der Waals surface area contributed by atoms with E-state index in [1.54, 1.807) is 13.0 Å². The Bertz CT molecular complexity index is 956. The molecule has 1 atom stereocenters. The zero-order valence-electron chi connectivity index (χ0n) is 16.0. The standard InChI is InChI=1S/C19H24FN7/c1-5-27(6-2)17-14(12(4)24-19-23-10-22-18(21)26-19)9-13-7-8-15(20)11(3)16(13)25-17/h7-10,12H,5-6H2,1-4H3,(H3,21,22,23,24,26). The Labute approximate surface area is 157 Å². The average molecular weight is 369 g/mol. The van der Waals surface area contributed by atoms with Gasteiger partial charge in [-0.2, -0.15) is 4.98 Å². The van der Waals surface area contributed by atoms with Gasteiger partial charge in [0, 0.05) is 29.6 Å². The first-order chi connectivity index (χ1) is 12.9. The van der Waals surface area contributed by atoms with Crippen LogP contribution in [0.5, 0.6) is 0 Å². The van der Waals surface area contributed by atoms with Crippen LogP contribution in [0.1, 0.15) is 37.9 Å². The molecule has 1 unspecified atom stereocenters. The third-order valence-corrected chi connectivity index (χ3v) is 4.65. The highest BCUT2D eigenvalue weighted by molar-refractivity contribution is 5.85. The number of aryl methyl sites for hydroxylation is 1. The second-order valence-electron chi connectivity index (χ2n) is 6.35. The summed E-state index contributed by atoms with van der Waals surface area (Å²) in [6.45, 7) is 9.49. The van der Waals surface area contributed by atoms with E-state index in [2.05, 4.69) is 39.0 Å². The first-order valence-electron chi connectivity index (χ1n) is 9.00. The van der Waals surface area contributed by atoms with Crippen LogP contribution in [0, 0.1) is 12.7 Å². The van der Waals surface area contributed by atoms with Crippen LogP contribution in [0.25, 0.3) is 10.9 Å². The quantitative estimate of drug-likeness (QED) is 0.687. The van der Waals surface area contributed by atoms with Crippen molar-refractivity contribution < 1.29 is 4.39 Å². The molecule has 0 amide bonds. The van der Waals surface area contributed by atoms with Crippen molar-refractivity contribution in [2.24, 2.45) is 0 Å². The molecule has 142 valence electrons. The summed E-state index contributed by atoms with van der Waals surface area (Å²) in [5, 5.41) is 4.14. The topological polar surface area (TPSA) is 92.9 Å². The number of rotatable bonds is 6. The van der Waals surface area contributed by atoms with Gasteiger partial charge in [-0.1, -0.05) is 0 Å². The lowest BCUT2D eigenvalue weighted by Crippen LogP contribution is -2.26. The van der Waals surface area contributed by atoms with E-state index < -0.39 is 0 Å². The van der Waals surface area contributed by atoms with Gasteiger partial charge < -0.3 is 16.0 Å². The van der Waals surface area contributed by atoms with Gasteiger partial charge in [0.15, 0.2) is 0 Å². The highest BCUT2D eigenvalue weighted by Crippen LogP contribution is 2.31. The molecular weight excluding hydrogens is 345 g/mol. The predicted molar refractivity (Wildman–Crippen MR) is 106 cm³/mol. The molecule has 7 nitrogen and oxygen atoms in total. The normalized spacial score (nSPS) is 12.2. The molecule has 0 saturated carbocycles. The van der Waals surface area contributed by atoms with Crippen molar-refractivity contribution in [1.29, 1.82) is 0 Å². The third-order valence-electron chi connectivity index (χ3n) is 4.65. The van der Waals surface area contributed by atoms with Gasteiger partial charge in [-0.15, -0.1) is 0 Å². The van der Waals surface area contributed by atoms with E-state index >= 15 is 0 Å². The largest absolute Gasteiger partial charge is 0.368 e. The summed E-state index contributed by atoms with van der Waals surface area (Å²) in [7, 11) is 0. The van der Waals surface area contributed by atoms with E-state index in [0.29, 0.717) is 17.0 Å². The fourth-order valence-corrected chi connectivity index (χ4v) is 3.11. The average Bonchev–Trinajstić information content (AvgIpc) is 2.65. The van der Waals surface area contributed by atoms with Crippen molar-refractivity contribution in [3.63, 3.8) is 0 Å². The van der Waals surface area contributed by atoms with Gasteiger partial charge in [0.2, 0.25) is 11.9 Å². The zero-order chi connectivity index (χ0) is 19.6. The molecule has 0 fully saturated rings. The van der Waals surface area contributed by atoms with Crippen LogP contribution in [0.3, 0.4) is 0 Å². The first-order valence-corrected chi connectivity index (χ1v) is 9.00. The number of pyridine rings is 1. The minimum absolute atomic E-state index is 0.135. The molecular formula is C19H24FN7. The number of anilines is 3. The highest BCUT2D eigenvalue weighted by atomic mass is 19.1. The Morgan fingerprint density at radius 1 is 1.19 bits per heavy atom. The number of nitrogen functional groups attached to an aromatic ring is 1. The van der Waals surface area contributed by atoms with Gasteiger partial charge >= 0.3 is 0 Å². The molecule has 0 spiro atoms. The molecule has 2 heterocycles. The lowest BCUT2D eigenvalue weighted by atomic mass is 10.0. The summed E-state index contributed by atoms with van der Waals surface area (Å²) in [4.78, 5) is 19.0. The zero-order valence-corrected chi connectivity index (χ0v) is 16.0. The van der Waals surface area contributed by atoms with Gasteiger partial charge in [-0.3, -0.25) is 0 Å². The lowest BCUT2D eigenvalue weighted by molar-refractivity contribution is 0.620. The smallest absolute Gasteiger partial charge is 0.227 e. The summed E-state index contributed by atoms with van der Waals surface area (Å²) in [6, 6.07) is 5.15. The molecule has 0 saturated heterocycles. The van der Waals surface area contributed by atoms with Crippen LogP contribution in [0.15, 0.2) is 24.5 Å². The van der Waals surface area contributed by atoms with E-state index in [1.807, 2.05) is 13.0 Å². The van der Waals surface area contributed by atoms with E-state index in [9.17, 15) is 4.39 Å². The molecule has 0 aliphatic carbocycles. The SMILES string of the molecule is CCN(CC)c1nc2c(C)c(F)ccc2cc1C(C)Nc1ncnc(N)n1. The van der Waals surface area contributed by atoms with Crippen LogP contribution in [0.4, 0.5) is 22.1 Å². The minimum atomic E-state index is -0.250. The number of halogens is 1. The Morgan fingerprint density at radius 3 is 2.59 bits per heavy atom. The molecule has 1 aromatic carbocycles. The number of fused-ring (bicyclic) bond motifs is 1. The fraction of sp³-hybridized carbons (Fsp3) is 0.368. The number of nitrogens with two attached hydrogens (primary N) is 1. The Kier molecular flexibility index (Phi) is 5.34. The Balaban J connectivity index is 2.11. The van der Waals surface area contributed by atoms with Crippen molar-refractivity contribution in [2.45, 2.75) is 33.7 Å². The summed E-state index contributed by atoms with van der Waals surface area (Å²) in [6.07, 6.45) is 1.37. The molecule has 0 aliphatic rings. The predicted octanol–water partition coefficient (Wildman–Crippen LogP) is 3.47. The fourth-order valence-electron chi connectivity index (χ4n) is 3.11. The second-order valence-corrected chi connectivity index (χ2v) is 6.35. The first kappa shape index (κ1) is 18.8. The van der Waals surface area contributed by atoms with Crippen molar-refractivity contribution in [2.75, 3.05) is 29.0 Å². The summed E-state index contributed by atoms with van der Waals surface area (Å²) in [5.74, 6) is 1.13. The highest BCUT2D eigenvalue weighted by Gasteiger charge is 2.19. The Morgan fingerprint density at radius 2 is 1.93 bits per heavy atom. The summed E-state index contributed by atoms with van der Waals surface area (Å²) in [5.41, 5.74) is 7.86. The van der Waals surface area contributed by atoms with Crippen LogP contribution < -0.4 is 16.0 Å². The van der Waals surface area contributed by atoms with E-state index in [1.165, 1.54) is 12.4 Å². The maximum Gasteiger partial charge on any atom is 0.227 e. The maximum absolute atomic E-state index is 14.0. The van der Waals surface area contributed by atoms with Crippen molar-refractivity contribution >= 4 is 28.6 Å². The molecule has 0 bridgehead atoms. The summed E-state index contributed by atoms with van der Waals surface area (Å²) < 4.78 is 14.0.